The average molecular weight is 422 g/mol. The molecule has 152 valence electrons. The van der Waals surface area contributed by atoms with Crippen LogP contribution in [0.15, 0.2) is 42.6 Å². The van der Waals surface area contributed by atoms with Gasteiger partial charge in [-0.25, -0.2) is 9.97 Å². The van der Waals surface area contributed by atoms with E-state index in [0.29, 0.717) is 22.3 Å². The van der Waals surface area contributed by atoms with E-state index < -0.39 is 0 Å². The van der Waals surface area contributed by atoms with Crippen molar-refractivity contribution in [2.24, 2.45) is 0 Å². The number of anilines is 2. The molecule has 0 unspecified atom stereocenters. The highest BCUT2D eigenvalue weighted by Crippen LogP contribution is 2.30. The smallest absolute Gasteiger partial charge is 0.257 e. The number of rotatable bonds is 5. The van der Waals surface area contributed by atoms with E-state index in [9.17, 15) is 9.59 Å². The molecule has 9 nitrogen and oxygen atoms in total. The molecular weight excluding hydrogens is 404 g/mol. The van der Waals surface area contributed by atoms with Gasteiger partial charge in [0.1, 0.15) is 17.4 Å². The Morgan fingerprint density at radius 2 is 1.97 bits per heavy atom. The first-order chi connectivity index (χ1) is 14.4. The minimum atomic E-state index is -0.354. The van der Waals surface area contributed by atoms with Crippen molar-refractivity contribution in [2.75, 3.05) is 17.7 Å². The lowest BCUT2D eigenvalue weighted by Crippen LogP contribution is -2.16. The van der Waals surface area contributed by atoms with E-state index in [2.05, 4.69) is 25.7 Å². The van der Waals surface area contributed by atoms with Gasteiger partial charge < -0.3 is 15.4 Å². The molecule has 3 aromatic heterocycles. The number of aryl methyl sites for hydroxylation is 1. The summed E-state index contributed by atoms with van der Waals surface area (Å²) in [6, 6.07) is 10.5. The molecule has 1 aromatic carbocycles. The fourth-order valence-corrected chi connectivity index (χ4v) is 3.81. The molecule has 0 radical (unpaired) electrons. The number of hydrogen-bond acceptors (Lipinski definition) is 7. The first-order valence-corrected chi connectivity index (χ1v) is 9.81. The van der Waals surface area contributed by atoms with Crippen molar-refractivity contribution >= 4 is 45.0 Å². The number of pyridine rings is 1. The molecule has 3 heterocycles. The van der Waals surface area contributed by atoms with Crippen LogP contribution in [0.25, 0.3) is 15.3 Å². The van der Waals surface area contributed by atoms with Crippen molar-refractivity contribution in [2.45, 2.75) is 13.8 Å². The van der Waals surface area contributed by atoms with Crippen molar-refractivity contribution in [3.63, 3.8) is 0 Å². The summed E-state index contributed by atoms with van der Waals surface area (Å²) in [5.74, 6) is 0.922. The zero-order valence-corrected chi connectivity index (χ0v) is 17.3. The zero-order valence-electron chi connectivity index (χ0n) is 16.5. The standard InChI is InChI=1S/C20H18N6O3S/c1-11-8-18(24-19(28)13-6-7-21-17(9-13)22-12(2)27)26(25-11)20-23-15-5-4-14(29-3)10-16(15)30-20/h4-10H,1-3H3,(H,24,28)(H,21,22,27). The average Bonchev–Trinajstić information content (AvgIpc) is 3.29. The zero-order chi connectivity index (χ0) is 21.3. The molecule has 0 aliphatic carbocycles. The fraction of sp³-hybridized carbons (Fsp3) is 0.150. The van der Waals surface area contributed by atoms with Crippen LogP contribution in [-0.2, 0) is 4.79 Å². The SMILES string of the molecule is COc1ccc2nc(-n3nc(C)cc3NC(=O)c3ccnc(NC(C)=O)c3)sc2c1. The van der Waals surface area contributed by atoms with Crippen LogP contribution in [0, 0.1) is 6.92 Å². The summed E-state index contributed by atoms with van der Waals surface area (Å²) >= 11 is 1.44. The first kappa shape index (κ1) is 19.5. The van der Waals surface area contributed by atoms with Crippen LogP contribution < -0.4 is 15.4 Å². The van der Waals surface area contributed by atoms with Crippen molar-refractivity contribution < 1.29 is 14.3 Å². The van der Waals surface area contributed by atoms with Gasteiger partial charge in [-0.3, -0.25) is 9.59 Å². The Bertz CT molecular complexity index is 1260. The van der Waals surface area contributed by atoms with Crippen LogP contribution in [0.5, 0.6) is 5.75 Å². The van der Waals surface area contributed by atoms with E-state index in [1.165, 1.54) is 30.5 Å². The molecule has 2 N–H and O–H groups in total. The Kier molecular flexibility index (Phi) is 5.15. The topological polar surface area (TPSA) is 111 Å². The molecule has 4 rings (SSSR count). The number of fused-ring (bicyclic) bond motifs is 1. The third-order valence-electron chi connectivity index (χ3n) is 4.16. The number of ether oxygens (including phenoxy) is 1. The molecule has 10 heteroatoms. The van der Waals surface area contributed by atoms with E-state index in [1.807, 2.05) is 25.1 Å². The van der Waals surface area contributed by atoms with Crippen LogP contribution >= 0.6 is 11.3 Å². The molecule has 30 heavy (non-hydrogen) atoms. The van der Waals surface area contributed by atoms with Gasteiger partial charge in [0.2, 0.25) is 11.0 Å². The molecule has 0 fully saturated rings. The lowest BCUT2D eigenvalue weighted by atomic mass is 10.2. The van der Waals surface area contributed by atoms with Gasteiger partial charge in [-0.1, -0.05) is 11.3 Å². The highest BCUT2D eigenvalue weighted by atomic mass is 32.1. The van der Waals surface area contributed by atoms with E-state index in [0.717, 1.165) is 21.7 Å². The number of amides is 2. The molecule has 0 aliphatic heterocycles. The Morgan fingerprint density at radius 1 is 1.13 bits per heavy atom. The summed E-state index contributed by atoms with van der Waals surface area (Å²) in [4.78, 5) is 32.6. The van der Waals surface area contributed by atoms with E-state index in [-0.39, 0.29) is 11.8 Å². The second kappa shape index (κ2) is 7.91. The summed E-state index contributed by atoms with van der Waals surface area (Å²) in [7, 11) is 1.62. The lowest BCUT2D eigenvalue weighted by Gasteiger charge is -2.07. The molecule has 0 saturated heterocycles. The van der Waals surface area contributed by atoms with Gasteiger partial charge in [0.15, 0.2) is 0 Å². The van der Waals surface area contributed by atoms with E-state index >= 15 is 0 Å². The maximum absolute atomic E-state index is 12.8. The minimum absolute atomic E-state index is 0.263. The Labute approximate surface area is 175 Å². The maximum Gasteiger partial charge on any atom is 0.257 e. The summed E-state index contributed by atoms with van der Waals surface area (Å²) in [6.45, 7) is 3.22. The number of carbonyl (C=O) groups is 2. The molecule has 0 bridgehead atoms. The Morgan fingerprint density at radius 3 is 2.73 bits per heavy atom. The van der Waals surface area contributed by atoms with Crippen LogP contribution in [0.1, 0.15) is 23.0 Å². The predicted molar refractivity (Wildman–Crippen MR) is 115 cm³/mol. The second-order valence-electron chi connectivity index (χ2n) is 6.48. The van der Waals surface area contributed by atoms with Crippen LogP contribution in [0.2, 0.25) is 0 Å². The summed E-state index contributed by atoms with van der Waals surface area (Å²) in [5, 5.41) is 10.5. The van der Waals surface area contributed by atoms with Gasteiger partial charge in [-0.15, -0.1) is 0 Å². The van der Waals surface area contributed by atoms with Crippen LogP contribution in [0.3, 0.4) is 0 Å². The van der Waals surface area contributed by atoms with Crippen LogP contribution in [0.4, 0.5) is 11.6 Å². The molecule has 0 atom stereocenters. The number of nitrogens with zero attached hydrogens (tertiary/aromatic N) is 4. The van der Waals surface area contributed by atoms with Crippen molar-refractivity contribution in [1.29, 1.82) is 0 Å². The summed E-state index contributed by atoms with van der Waals surface area (Å²) < 4.78 is 7.81. The molecular formula is C20H18N6O3S. The van der Waals surface area contributed by atoms with Gasteiger partial charge in [0.05, 0.1) is 23.0 Å². The third-order valence-corrected chi connectivity index (χ3v) is 5.16. The highest BCUT2D eigenvalue weighted by molar-refractivity contribution is 7.20. The first-order valence-electron chi connectivity index (χ1n) is 8.99. The van der Waals surface area contributed by atoms with Gasteiger partial charge in [0, 0.05) is 24.8 Å². The quantitative estimate of drug-likeness (QED) is 0.510. The van der Waals surface area contributed by atoms with E-state index in [4.69, 9.17) is 4.74 Å². The van der Waals surface area contributed by atoms with Gasteiger partial charge in [-0.05, 0) is 37.3 Å². The highest BCUT2D eigenvalue weighted by Gasteiger charge is 2.16. The molecule has 0 aliphatic rings. The largest absolute Gasteiger partial charge is 0.497 e. The number of benzene rings is 1. The number of hydrogen-bond donors (Lipinski definition) is 2. The van der Waals surface area contributed by atoms with Gasteiger partial charge >= 0.3 is 0 Å². The maximum atomic E-state index is 12.8. The predicted octanol–water partition coefficient (Wildman–Crippen LogP) is 3.40. The van der Waals surface area contributed by atoms with Gasteiger partial charge in [0.25, 0.3) is 5.91 Å². The second-order valence-corrected chi connectivity index (χ2v) is 7.49. The number of carbonyl (C=O) groups excluding carboxylic acids is 2. The monoisotopic (exact) mass is 422 g/mol. The summed E-state index contributed by atoms with van der Waals surface area (Å²) in [5.41, 5.74) is 1.90. The number of thiazole rings is 1. The lowest BCUT2D eigenvalue weighted by molar-refractivity contribution is -0.114. The molecule has 2 amide bonds. The number of nitrogens with one attached hydrogen (secondary N) is 2. The molecule has 0 saturated carbocycles. The fourth-order valence-electron chi connectivity index (χ4n) is 2.85. The van der Waals surface area contributed by atoms with Crippen molar-refractivity contribution in [3.05, 3.63) is 53.9 Å². The number of methoxy groups -OCH3 is 1. The van der Waals surface area contributed by atoms with Crippen LogP contribution in [-0.4, -0.2) is 38.7 Å². The minimum Gasteiger partial charge on any atom is -0.497 e. The Balaban J connectivity index is 1.64. The van der Waals surface area contributed by atoms with Gasteiger partial charge in [-0.2, -0.15) is 9.78 Å². The van der Waals surface area contributed by atoms with Crippen molar-refractivity contribution in [1.82, 2.24) is 19.7 Å². The Hall–Kier alpha value is -3.79. The third kappa shape index (κ3) is 3.98. The van der Waals surface area contributed by atoms with E-state index in [1.54, 1.807) is 23.9 Å². The summed E-state index contributed by atoms with van der Waals surface area (Å²) in [6.07, 6.45) is 1.46. The number of aromatic nitrogens is 4. The van der Waals surface area contributed by atoms with Crippen molar-refractivity contribution in [3.8, 4) is 10.9 Å². The normalized spacial score (nSPS) is 10.8. The molecule has 0 spiro atoms. The molecule has 4 aromatic rings.